The van der Waals surface area contributed by atoms with Gasteiger partial charge in [-0.25, -0.2) is 9.97 Å². The van der Waals surface area contributed by atoms with Crippen LogP contribution in [0.5, 0.6) is 0 Å². The number of nitrogens with zero attached hydrogens (tertiary/aromatic N) is 2. The van der Waals surface area contributed by atoms with Crippen LogP contribution in [0.25, 0.3) is 0 Å². The van der Waals surface area contributed by atoms with Crippen molar-refractivity contribution in [2.45, 2.75) is 180 Å². The molecule has 52 heavy (non-hydrogen) atoms. The van der Waals surface area contributed by atoms with Crippen LogP contribution in [0.1, 0.15) is 173 Å². The van der Waals surface area contributed by atoms with Crippen LogP contribution >= 0.6 is 0 Å². The van der Waals surface area contributed by atoms with Crippen LogP contribution in [0.15, 0.2) is 66.0 Å². The fourth-order valence-corrected chi connectivity index (χ4v) is 6.50. The molecule has 1 heterocycles. The standard InChI is InChI=1S/C44H68N2O.C4H10.Y/c1-29(2)39(8,9)33-20-21-34(26-38(6,7)25-33)41(12,13)37-45-27-35(28-46-37)40(10,11)36-23-22-32(24-31(36)5)42(14,15)44(18,19)47-43(16,17)30(3)4;1-4(2)3;/h20-30H,1-19H3;4H,1-3H3;. The molecule has 289 valence electrons. The molecule has 0 saturated heterocycles. The van der Waals surface area contributed by atoms with Crippen LogP contribution in [0.2, 0.25) is 0 Å². The van der Waals surface area contributed by atoms with Crippen molar-refractivity contribution in [2.75, 3.05) is 0 Å². The second kappa shape index (κ2) is 17.2. The third-order valence-electron chi connectivity index (χ3n) is 12.4. The van der Waals surface area contributed by atoms with Crippen LogP contribution in [0, 0.1) is 35.5 Å². The molecule has 1 aromatic heterocycles. The van der Waals surface area contributed by atoms with Crippen molar-refractivity contribution < 1.29 is 37.4 Å². The summed E-state index contributed by atoms with van der Waals surface area (Å²) in [5, 5.41) is 0. The predicted molar refractivity (Wildman–Crippen MR) is 224 cm³/mol. The second-order valence-corrected chi connectivity index (χ2v) is 20.5. The molecule has 1 aromatic carbocycles. The summed E-state index contributed by atoms with van der Waals surface area (Å²) in [5.41, 5.74) is 6.23. The van der Waals surface area contributed by atoms with Crippen molar-refractivity contribution in [2.24, 2.45) is 28.6 Å². The van der Waals surface area contributed by atoms with Crippen LogP contribution in [-0.2, 0) is 53.7 Å². The number of rotatable bonds is 11. The van der Waals surface area contributed by atoms with Gasteiger partial charge in [0.05, 0.1) is 11.2 Å². The van der Waals surface area contributed by atoms with Crippen LogP contribution in [0.3, 0.4) is 0 Å². The Bertz CT molecular complexity index is 1570. The minimum Gasteiger partial charge on any atom is -0.369 e. The molecule has 3 rings (SSSR count). The largest absolute Gasteiger partial charge is 0.369 e. The summed E-state index contributed by atoms with van der Waals surface area (Å²) < 4.78 is 6.82. The van der Waals surface area contributed by atoms with Crippen molar-refractivity contribution in [1.82, 2.24) is 9.97 Å². The van der Waals surface area contributed by atoms with Gasteiger partial charge in [0, 0.05) is 66.8 Å². The van der Waals surface area contributed by atoms with Gasteiger partial charge in [-0.15, -0.1) is 0 Å². The first-order valence-corrected chi connectivity index (χ1v) is 19.6. The van der Waals surface area contributed by atoms with Gasteiger partial charge in [0.25, 0.3) is 0 Å². The monoisotopic (exact) mass is 788 g/mol. The summed E-state index contributed by atoms with van der Waals surface area (Å²) in [6.45, 7) is 49.6. The number of hydrogen-bond acceptors (Lipinski definition) is 3. The predicted octanol–water partition coefficient (Wildman–Crippen LogP) is 13.7. The number of hydrogen-bond donors (Lipinski definition) is 0. The molecular formula is C48H78N2OY. The molecule has 0 amide bonds. The zero-order chi connectivity index (χ0) is 39.8. The number of aromatic nitrogens is 2. The molecule has 2 aromatic rings. The Morgan fingerprint density at radius 2 is 1.10 bits per heavy atom. The van der Waals surface area contributed by atoms with Gasteiger partial charge >= 0.3 is 0 Å². The maximum Gasteiger partial charge on any atom is 0.138 e. The van der Waals surface area contributed by atoms with Crippen LogP contribution in [0.4, 0.5) is 0 Å². The van der Waals surface area contributed by atoms with E-state index >= 15 is 0 Å². The van der Waals surface area contributed by atoms with Gasteiger partial charge in [-0.1, -0.05) is 146 Å². The minimum absolute atomic E-state index is 0. The summed E-state index contributed by atoms with van der Waals surface area (Å²) in [4.78, 5) is 10.1. The molecule has 0 N–H and O–H groups in total. The Morgan fingerprint density at radius 3 is 1.54 bits per heavy atom. The fraction of sp³-hybridized carbons (Fsp3) is 0.667. The maximum absolute atomic E-state index is 6.82. The van der Waals surface area contributed by atoms with Crippen molar-refractivity contribution in [3.05, 3.63) is 94.1 Å². The first kappa shape index (κ1) is 48.6. The molecule has 0 saturated carbocycles. The quantitative estimate of drug-likeness (QED) is 0.227. The van der Waals surface area contributed by atoms with E-state index in [1.807, 2.05) is 12.4 Å². The molecule has 1 radical (unpaired) electrons. The molecule has 0 spiro atoms. The summed E-state index contributed by atoms with van der Waals surface area (Å²) in [6, 6.07) is 6.96. The average Bonchev–Trinajstić information content (AvgIpc) is 3.14. The number of ether oxygens (including phenoxy) is 1. The van der Waals surface area contributed by atoms with Gasteiger partial charge in [-0.2, -0.15) is 0 Å². The Morgan fingerprint density at radius 1 is 0.635 bits per heavy atom. The maximum atomic E-state index is 6.82. The molecule has 0 bridgehead atoms. The van der Waals surface area contributed by atoms with Gasteiger partial charge in [0.1, 0.15) is 5.82 Å². The van der Waals surface area contributed by atoms with E-state index in [9.17, 15) is 0 Å². The number of allylic oxidation sites excluding steroid dienone is 6. The van der Waals surface area contributed by atoms with E-state index in [1.165, 1.54) is 27.8 Å². The van der Waals surface area contributed by atoms with Crippen LogP contribution in [-0.4, -0.2) is 21.2 Å². The molecule has 0 fully saturated rings. The van der Waals surface area contributed by atoms with E-state index in [-0.39, 0.29) is 71.0 Å². The molecule has 0 aliphatic heterocycles. The van der Waals surface area contributed by atoms with E-state index in [4.69, 9.17) is 14.7 Å². The smallest absolute Gasteiger partial charge is 0.138 e. The second-order valence-electron chi connectivity index (χ2n) is 20.5. The van der Waals surface area contributed by atoms with Crippen molar-refractivity contribution >= 4 is 0 Å². The summed E-state index contributed by atoms with van der Waals surface area (Å²) in [7, 11) is 0. The zero-order valence-corrected chi connectivity index (χ0v) is 40.6. The first-order chi connectivity index (χ1) is 22.8. The van der Waals surface area contributed by atoms with Crippen molar-refractivity contribution in [3.8, 4) is 0 Å². The summed E-state index contributed by atoms with van der Waals surface area (Å²) in [6.07, 6.45) is 13.6. The topological polar surface area (TPSA) is 35.0 Å². The fourth-order valence-electron chi connectivity index (χ4n) is 6.50. The summed E-state index contributed by atoms with van der Waals surface area (Å²) in [5.74, 6) is 2.63. The van der Waals surface area contributed by atoms with Crippen LogP contribution < -0.4 is 0 Å². The van der Waals surface area contributed by atoms with Gasteiger partial charge in [0.2, 0.25) is 0 Å². The third kappa shape index (κ3) is 11.1. The molecule has 1 aliphatic carbocycles. The van der Waals surface area contributed by atoms with Crippen molar-refractivity contribution in [3.63, 3.8) is 0 Å². The van der Waals surface area contributed by atoms with Gasteiger partial charge < -0.3 is 4.74 Å². The Balaban J connectivity index is 0.00000256. The normalized spacial score (nSPS) is 15.9. The Kier molecular flexibility index (Phi) is 16.0. The van der Waals surface area contributed by atoms with Crippen molar-refractivity contribution in [1.29, 1.82) is 0 Å². The van der Waals surface area contributed by atoms with E-state index in [0.29, 0.717) is 11.8 Å². The van der Waals surface area contributed by atoms with E-state index in [1.54, 1.807) is 0 Å². The average molecular weight is 788 g/mol. The molecule has 4 heteroatoms. The summed E-state index contributed by atoms with van der Waals surface area (Å²) >= 11 is 0. The number of aryl methyl sites for hydroxylation is 1. The van der Waals surface area contributed by atoms with Gasteiger partial charge in [-0.05, 0) is 105 Å². The Labute approximate surface area is 347 Å². The SMILES string of the molecule is CC(C)C.Cc1cc(C(C)(C)C(C)(C)OC(C)(C)C(C)C)ccc1C(C)(C)c1cnc(C(C)(C)C2=CC(C)(C)C=C(C(C)(C)C(C)C)C=C2)nc1.[Y]. The zero-order valence-electron chi connectivity index (χ0n) is 37.8. The molecule has 0 atom stereocenters. The molecular weight excluding hydrogens is 709 g/mol. The molecule has 0 unspecified atom stereocenters. The first-order valence-electron chi connectivity index (χ1n) is 19.6. The molecule has 3 nitrogen and oxygen atoms in total. The van der Waals surface area contributed by atoms with Gasteiger partial charge in [-0.3, -0.25) is 0 Å². The minimum atomic E-state index is -0.361. The third-order valence-corrected chi connectivity index (χ3v) is 12.4. The molecule has 1 aliphatic rings. The van der Waals surface area contributed by atoms with E-state index in [0.717, 1.165) is 17.3 Å². The van der Waals surface area contributed by atoms with Gasteiger partial charge in [0.15, 0.2) is 0 Å². The number of benzene rings is 1. The van der Waals surface area contributed by atoms with E-state index in [2.05, 4.69) is 195 Å². The van der Waals surface area contributed by atoms with E-state index < -0.39 is 0 Å². The Hall–Kier alpha value is -1.42.